The Bertz CT molecular complexity index is 682. The Labute approximate surface area is 130 Å². The third-order valence-electron chi connectivity index (χ3n) is 4.03. The molecule has 1 saturated carbocycles. The molecule has 3 rings (SSSR count). The third kappa shape index (κ3) is 2.33. The number of hydrogen-bond acceptors (Lipinski definition) is 3. The van der Waals surface area contributed by atoms with Crippen LogP contribution in [0.15, 0.2) is 22.7 Å². The van der Waals surface area contributed by atoms with Gasteiger partial charge in [0.05, 0.1) is 5.69 Å². The molecular formula is C15H17BrN2OS. The zero-order valence-electron chi connectivity index (χ0n) is 11.5. The Morgan fingerprint density at radius 3 is 2.85 bits per heavy atom. The second kappa shape index (κ2) is 5.04. The Morgan fingerprint density at radius 2 is 2.25 bits per heavy atom. The van der Waals surface area contributed by atoms with Crippen LogP contribution in [0.5, 0.6) is 0 Å². The lowest BCUT2D eigenvalue weighted by molar-refractivity contribution is 0.0793. The summed E-state index contributed by atoms with van der Waals surface area (Å²) in [7, 11) is 1.87. The number of carbonyl (C=O) groups excluding carboxylic acids is 1. The van der Waals surface area contributed by atoms with Crippen LogP contribution in [0.25, 0.3) is 10.1 Å². The summed E-state index contributed by atoms with van der Waals surface area (Å²) in [4.78, 5) is 15.0. The molecule has 20 heavy (non-hydrogen) atoms. The summed E-state index contributed by atoms with van der Waals surface area (Å²) in [6.07, 6.45) is 1.23. The van der Waals surface area contributed by atoms with Crippen LogP contribution in [0.2, 0.25) is 0 Å². The predicted molar refractivity (Wildman–Crippen MR) is 88.2 cm³/mol. The average molecular weight is 353 g/mol. The van der Waals surface area contributed by atoms with Crippen molar-refractivity contribution in [1.82, 2.24) is 4.90 Å². The number of anilines is 1. The topological polar surface area (TPSA) is 46.3 Å². The molecule has 0 saturated heterocycles. The Balaban J connectivity index is 1.91. The van der Waals surface area contributed by atoms with Crippen molar-refractivity contribution in [3.8, 4) is 0 Å². The molecule has 2 unspecified atom stereocenters. The number of halogens is 1. The second-order valence-corrected chi connectivity index (χ2v) is 7.52. The number of benzene rings is 1. The van der Waals surface area contributed by atoms with Crippen LogP contribution in [-0.4, -0.2) is 24.4 Å². The molecule has 1 aromatic heterocycles. The fourth-order valence-electron chi connectivity index (χ4n) is 2.55. The number of fused-ring (bicyclic) bond motifs is 1. The van der Waals surface area contributed by atoms with Crippen molar-refractivity contribution in [3.05, 3.63) is 27.5 Å². The molecule has 0 bridgehead atoms. The van der Waals surface area contributed by atoms with Crippen LogP contribution in [0, 0.1) is 11.8 Å². The van der Waals surface area contributed by atoms with Crippen LogP contribution < -0.4 is 5.73 Å². The quantitative estimate of drug-likeness (QED) is 0.908. The van der Waals surface area contributed by atoms with Crippen LogP contribution in [-0.2, 0) is 0 Å². The second-order valence-electron chi connectivity index (χ2n) is 5.62. The lowest BCUT2D eigenvalue weighted by Crippen LogP contribution is -2.28. The van der Waals surface area contributed by atoms with Gasteiger partial charge in [0.15, 0.2) is 0 Å². The molecule has 0 aliphatic heterocycles. The van der Waals surface area contributed by atoms with Gasteiger partial charge in [0, 0.05) is 28.2 Å². The monoisotopic (exact) mass is 352 g/mol. The summed E-state index contributed by atoms with van der Waals surface area (Å²) in [6, 6.07) is 5.92. The number of carbonyl (C=O) groups is 1. The highest BCUT2D eigenvalue weighted by atomic mass is 79.9. The maximum Gasteiger partial charge on any atom is 0.265 e. The normalized spacial score (nSPS) is 21.1. The van der Waals surface area contributed by atoms with Crippen molar-refractivity contribution < 1.29 is 4.79 Å². The zero-order chi connectivity index (χ0) is 14.4. The lowest BCUT2D eigenvalue weighted by atomic mass is 10.2. The first-order valence-corrected chi connectivity index (χ1v) is 8.32. The third-order valence-corrected chi connectivity index (χ3v) is 5.85. The number of nitrogen functional groups attached to an aromatic ring is 1. The van der Waals surface area contributed by atoms with Gasteiger partial charge in [-0.3, -0.25) is 4.79 Å². The first-order chi connectivity index (χ1) is 9.49. The van der Waals surface area contributed by atoms with Crippen LogP contribution in [0.3, 0.4) is 0 Å². The van der Waals surface area contributed by atoms with Crippen LogP contribution in [0.1, 0.15) is 23.0 Å². The fourth-order valence-corrected chi connectivity index (χ4v) is 4.40. The van der Waals surface area contributed by atoms with E-state index < -0.39 is 0 Å². The van der Waals surface area contributed by atoms with Crippen molar-refractivity contribution in [1.29, 1.82) is 0 Å². The number of rotatable bonds is 3. The molecule has 3 nitrogen and oxygen atoms in total. The summed E-state index contributed by atoms with van der Waals surface area (Å²) in [5.41, 5.74) is 6.78. The Morgan fingerprint density at radius 1 is 1.55 bits per heavy atom. The van der Waals surface area contributed by atoms with E-state index in [1.807, 2.05) is 30.1 Å². The molecule has 106 valence electrons. The van der Waals surface area contributed by atoms with Crippen molar-refractivity contribution in [2.75, 3.05) is 19.3 Å². The molecule has 5 heteroatoms. The standard InChI is InChI=1S/C15H17BrN2OS/c1-8-6-9(8)7-18(2)15(19)14-13(17)12-10(16)4-3-5-11(12)20-14/h3-5,8-9H,6-7,17H2,1-2H3. The minimum Gasteiger partial charge on any atom is -0.397 e. The van der Waals surface area contributed by atoms with E-state index in [1.54, 1.807) is 0 Å². The zero-order valence-corrected chi connectivity index (χ0v) is 13.9. The van der Waals surface area contributed by atoms with E-state index in [9.17, 15) is 4.79 Å². The number of nitrogens with two attached hydrogens (primary N) is 1. The van der Waals surface area contributed by atoms with Crippen molar-refractivity contribution in [3.63, 3.8) is 0 Å². The fraction of sp³-hybridized carbons (Fsp3) is 0.400. The molecule has 2 aromatic rings. The first-order valence-electron chi connectivity index (χ1n) is 6.71. The summed E-state index contributed by atoms with van der Waals surface area (Å²) in [5, 5.41) is 0.953. The van der Waals surface area contributed by atoms with E-state index in [0.29, 0.717) is 16.5 Å². The first kappa shape index (κ1) is 13.9. The summed E-state index contributed by atoms with van der Waals surface area (Å²) >= 11 is 4.98. The molecule has 1 aromatic carbocycles. The molecule has 1 amide bonds. The lowest BCUT2D eigenvalue weighted by Gasteiger charge is -2.16. The smallest absolute Gasteiger partial charge is 0.265 e. The van der Waals surface area contributed by atoms with Gasteiger partial charge in [-0.1, -0.05) is 28.9 Å². The number of hydrogen-bond donors (Lipinski definition) is 1. The summed E-state index contributed by atoms with van der Waals surface area (Å²) in [5.74, 6) is 1.44. The highest BCUT2D eigenvalue weighted by Crippen LogP contribution is 2.40. The minimum atomic E-state index is 0.0368. The van der Waals surface area contributed by atoms with E-state index in [0.717, 1.165) is 27.0 Å². The summed E-state index contributed by atoms with van der Waals surface area (Å²) < 4.78 is 2.00. The van der Waals surface area contributed by atoms with Gasteiger partial charge in [-0.15, -0.1) is 11.3 Å². The van der Waals surface area contributed by atoms with Gasteiger partial charge in [0.1, 0.15) is 4.88 Å². The molecule has 0 spiro atoms. The van der Waals surface area contributed by atoms with E-state index in [1.165, 1.54) is 17.8 Å². The van der Waals surface area contributed by atoms with Gasteiger partial charge in [-0.2, -0.15) is 0 Å². The number of thiophene rings is 1. The molecular weight excluding hydrogens is 336 g/mol. The van der Waals surface area contributed by atoms with Gasteiger partial charge < -0.3 is 10.6 Å². The van der Waals surface area contributed by atoms with Crippen LogP contribution >= 0.6 is 27.3 Å². The van der Waals surface area contributed by atoms with E-state index in [2.05, 4.69) is 22.9 Å². The minimum absolute atomic E-state index is 0.0368. The molecule has 2 atom stereocenters. The molecule has 1 aliphatic carbocycles. The molecule has 0 radical (unpaired) electrons. The van der Waals surface area contributed by atoms with Gasteiger partial charge in [0.25, 0.3) is 5.91 Å². The van der Waals surface area contributed by atoms with Gasteiger partial charge in [0.2, 0.25) is 0 Å². The van der Waals surface area contributed by atoms with Crippen molar-refractivity contribution >= 4 is 48.9 Å². The number of amides is 1. The average Bonchev–Trinajstić information content (AvgIpc) is 2.97. The highest BCUT2D eigenvalue weighted by molar-refractivity contribution is 9.10. The SMILES string of the molecule is CC1CC1CN(C)C(=O)c1sc2cccc(Br)c2c1N. The van der Waals surface area contributed by atoms with Gasteiger partial charge in [-0.05, 0) is 30.4 Å². The molecule has 1 heterocycles. The predicted octanol–water partition coefficient (Wildman–Crippen LogP) is 3.97. The molecule has 2 N–H and O–H groups in total. The Kier molecular flexibility index (Phi) is 3.50. The Hall–Kier alpha value is -1.07. The maximum atomic E-state index is 12.6. The maximum absolute atomic E-state index is 12.6. The van der Waals surface area contributed by atoms with Crippen molar-refractivity contribution in [2.45, 2.75) is 13.3 Å². The van der Waals surface area contributed by atoms with Gasteiger partial charge >= 0.3 is 0 Å². The highest BCUT2D eigenvalue weighted by Gasteiger charge is 2.34. The summed E-state index contributed by atoms with van der Waals surface area (Å²) in [6.45, 7) is 3.06. The van der Waals surface area contributed by atoms with Crippen molar-refractivity contribution in [2.24, 2.45) is 11.8 Å². The van der Waals surface area contributed by atoms with E-state index in [-0.39, 0.29) is 5.91 Å². The molecule has 1 fully saturated rings. The van der Waals surface area contributed by atoms with E-state index in [4.69, 9.17) is 5.73 Å². The van der Waals surface area contributed by atoms with Gasteiger partial charge in [-0.25, -0.2) is 0 Å². The molecule has 1 aliphatic rings. The van der Waals surface area contributed by atoms with Crippen LogP contribution in [0.4, 0.5) is 5.69 Å². The van der Waals surface area contributed by atoms with E-state index >= 15 is 0 Å². The number of nitrogens with zero attached hydrogens (tertiary/aromatic N) is 1. The largest absolute Gasteiger partial charge is 0.397 e.